The van der Waals surface area contributed by atoms with Crippen LogP contribution in [-0.2, 0) is 19.1 Å². The van der Waals surface area contributed by atoms with Crippen molar-refractivity contribution in [3.8, 4) is 0 Å². The molecule has 0 bridgehead atoms. The smallest absolute Gasteiger partial charge is 0.339 e. The molecule has 2 saturated heterocycles. The van der Waals surface area contributed by atoms with Crippen LogP contribution in [0.3, 0.4) is 0 Å². The van der Waals surface area contributed by atoms with Crippen molar-refractivity contribution in [2.75, 3.05) is 0 Å². The third-order valence-electron chi connectivity index (χ3n) is 10.6. The molecule has 1 aromatic rings. The number of cyclic esters (lactones) is 1. The Hall–Kier alpha value is -1.92. The largest absolute Gasteiger partial charge is 0.472 e. The number of hydrogen-bond donors (Lipinski definition) is 1. The molecule has 6 nitrogen and oxygen atoms in total. The number of fused-ring (bicyclic) bond motifs is 3. The van der Waals surface area contributed by atoms with Crippen LogP contribution < -0.4 is 0 Å². The minimum Gasteiger partial charge on any atom is -0.472 e. The van der Waals surface area contributed by atoms with Gasteiger partial charge in [-0.15, -0.1) is 0 Å². The molecule has 3 heterocycles. The minimum atomic E-state index is -0.812. The van der Waals surface area contributed by atoms with Crippen LogP contribution in [0.4, 0.5) is 0 Å². The molecule has 0 amide bonds. The zero-order valence-electron chi connectivity index (χ0n) is 19.4. The molecule has 2 saturated carbocycles. The topological polar surface area (TPSA) is 89.3 Å². The van der Waals surface area contributed by atoms with E-state index in [0.717, 1.165) is 18.4 Å². The summed E-state index contributed by atoms with van der Waals surface area (Å²) in [6.07, 6.45) is 7.39. The van der Waals surface area contributed by atoms with Crippen LogP contribution in [0.15, 0.2) is 35.2 Å². The zero-order valence-corrected chi connectivity index (χ0v) is 19.4. The Morgan fingerprint density at radius 3 is 2.50 bits per heavy atom. The molecule has 4 fully saturated rings. The van der Waals surface area contributed by atoms with Crippen molar-refractivity contribution in [1.29, 1.82) is 0 Å². The number of aliphatic hydroxyl groups is 1. The van der Waals surface area contributed by atoms with E-state index in [9.17, 15) is 14.7 Å². The van der Waals surface area contributed by atoms with E-state index in [2.05, 4.69) is 26.8 Å². The van der Waals surface area contributed by atoms with Gasteiger partial charge in [0.1, 0.15) is 11.7 Å². The fraction of sp³-hybridized carbons (Fsp3) is 0.692. The van der Waals surface area contributed by atoms with Gasteiger partial charge < -0.3 is 19.0 Å². The molecular weight excluding hydrogens is 408 g/mol. The van der Waals surface area contributed by atoms with Crippen LogP contribution in [0.5, 0.6) is 0 Å². The van der Waals surface area contributed by atoms with Crippen molar-refractivity contribution in [3.05, 3.63) is 36.3 Å². The Morgan fingerprint density at radius 2 is 1.81 bits per heavy atom. The number of ketones is 1. The number of furan rings is 1. The van der Waals surface area contributed by atoms with E-state index in [4.69, 9.17) is 13.9 Å². The van der Waals surface area contributed by atoms with E-state index in [-0.39, 0.29) is 29.0 Å². The van der Waals surface area contributed by atoms with Gasteiger partial charge in [0.2, 0.25) is 0 Å². The standard InChI is InChI=1S/C26H32O6/c1-22(2)16-12-18(28)25(5)15(23(16,3)9-7-17(22)27)6-10-24(4)19(14-8-11-30-13-14)31-21(29)20-26(24,25)32-20/h7-9,11,13,15-16,18-20,28H,6,10,12H2,1-5H3/t15-,16+,18+,19+,20-,23-,24+,25+,26-/m1/s1. The SMILES string of the molecule is CC1(C)C(=O)C=C[C@]2(C)[C@H]3CC[C@@]4(C)[C@H](c5ccoc5)OC(=O)[C@H]5O[C@]54[C@]3(C)[C@@H](O)C[C@@H]12. The van der Waals surface area contributed by atoms with Crippen molar-refractivity contribution >= 4 is 11.8 Å². The molecule has 0 unspecified atom stereocenters. The number of rotatable bonds is 1. The summed E-state index contributed by atoms with van der Waals surface area (Å²) >= 11 is 0. The maximum absolute atomic E-state index is 13.0. The van der Waals surface area contributed by atoms with Gasteiger partial charge >= 0.3 is 5.97 Å². The summed E-state index contributed by atoms with van der Waals surface area (Å²) in [4.78, 5) is 25.8. The Labute approximate surface area is 188 Å². The predicted molar refractivity (Wildman–Crippen MR) is 114 cm³/mol. The molecule has 2 aliphatic heterocycles. The van der Waals surface area contributed by atoms with E-state index in [0.29, 0.717) is 6.42 Å². The Balaban J connectivity index is 1.52. The van der Waals surface area contributed by atoms with Crippen molar-refractivity contribution in [1.82, 2.24) is 0 Å². The molecule has 3 aliphatic carbocycles. The maximum atomic E-state index is 13.0. The van der Waals surface area contributed by atoms with Crippen LogP contribution in [0.25, 0.3) is 0 Å². The quantitative estimate of drug-likeness (QED) is 0.525. The molecule has 1 aromatic heterocycles. The van der Waals surface area contributed by atoms with Crippen LogP contribution in [0.2, 0.25) is 0 Å². The van der Waals surface area contributed by atoms with Gasteiger partial charge in [0, 0.05) is 21.8 Å². The summed E-state index contributed by atoms with van der Waals surface area (Å²) in [6, 6.07) is 1.85. The normalized spacial score (nSPS) is 52.9. The fourth-order valence-electron chi connectivity index (χ4n) is 8.86. The third-order valence-corrected chi connectivity index (χ3v) is 10.6. The molecule has 5 aliphatic rings. The van der Waals surface area contributed by atoms with Gasteiger partial charge in [-0.05, 0) is 48.7 Å². The molecule has 9 atom stereocenters. The van der Waals surface area contributed by atoms with Gasteiger partial charge in [-0.2, -0.15) is 0 Å². The molecule has 32 heavy (non-hydrogen) atoms. The first-order valence-corrected chi connectivity index (χ1v) is 11.8. The number of esters is 1. The van der Waals surface area contributed by atoms with Crippen LogP contribution in [0, 0.1) is 33.5 Å². The second-order valence-corrected chi connectivity index (χ2v) is 12.0. The van der Waals surface area contributed by atoms with Gasteiger partial charge in [-0.3, -0.25) is 4.79 Å². The van der Waals surface area contributed by atoms with E-state index < -0.39 is 40.2 Å². The number of ether oxygens (including phenoxy) is 2. The Bertz CT molecular complexity index is 1040. The summed E-state index contributed by atoms with van der Waals surface area (Å²) in [7, 11) is 0. The van der Waals surface area contributed by atoms with Crippen molar-refractivity contribution in [3.63, 3.8) is 0 Å². The highest BCUT2D eigenvalue weighted by molar-refractivity contribution is 5.95. The molecule has 1 N–H and O–H groups in total. The first-order valence-electron chi connectivity index (χ1n) is 11.8. The zero-order chi connectivity index (χ0) is 22.9. The molecule has 6 rings (SSSR count). The lowest BCUT2D eigenvalue weighted by Gasteiger charge is -2.68. The van der Waals surface area contributed by atoms with Gasteiger partial charge in [0.05, 0.1) is 18.6 Å². The number of carbonyl (C=O) groups is 2. The predicted octanol–water partition coefficient (Wildman–Crippen LogP) is 3.99. The number of carbonyl (C=O) groups excluding carboxylic acids is 2. The maximum Gasteiger partial charge on any atom is 0.339 e. The lowest BCUT2D eigenvalue weighted by Crippen LogP contribution is -2.72. The molecule has 1 spiro atoms. The molecular formula is C26H32O6. The molecule has 0 aromatic carbocycles. The average molecular weight is 441 g/mol. The fourth-order valence-corrected chi connectivity index (χ4v) is 8.86. The first-order chi connectivity index (χ1) is 14.9. The van der Waals surface area contributed by atoms with E-state index in [1.807, 2.05) is 19.9 Å². The summed E-state index contributed by atoms with van der Waals surface area (Å²) in [5.41, 5.74) is -1.95. The van der Waals surface area contributed by atoms with Crippen molar-refractivity contribution in [2.24, 2.45) is 33.5 Å². The highest BCUT2D eigenvalue weighted by Crippen LogP contribution is 2.79. The van der Waals surface area contributed by atoms with Crippen LogP contribution in [0.1, 0.15) is 65.5 Å². The third kappa shape index (κ3) is 1.98. The summed E-state index contributed by atoms with van der Waals surface area (Å²) in [5.74, 6) is -0.138. The Morgan fingerprint density at radius 1 is 1.06 bits per heavy atom. The van der Waals surface area contributed by atoms with Gasteiger partial charge in [0.25, 0.3) is 0 Å². The van der Waals surface area contributed by atoms with Gasteiger partial charge in [-0.1, -0.05) is 40.7 Å². The molecule has 6 heteroatoms. The van der Waals surface area contributed by atoms with Crippen molar-refractivity contribution < 1.29 is 28.6 Å². The molecule has 172 valence electrons. The van der Waals surface area contributed by atoms with Crippen molar-refractivity contribution in [2.45, 2.75) is 77.8 Å². The highest BCUT2D eigenvalue weighted by Gasteiger charge is 2.87. The lowest BCUT2D eigenvalue weighted by atomic mass is 9.36. The lowest BCUT2D eigenvalue weighted by molar-refractivity contribution is -0.246. The number of aliphatic hydroxyl groups excluding tert-OH is 1. The van der Waals surface area contributed by atoms with E-state index in [1.54, 1.807) is 18.6 Å². The monoisotopic (exact) mass is 440 g/mol. The van der Waals surface area contributed by atoms with Crippen LogP contribution in [-0.4, -0.2) is 34.7 Å². The van der Waals surface area contributed by atoms with Gasteiger partial charge in [0.15, 0.2) is 11.9 Å². The second-order valence-electron chi connectivity index (χ2n) is 12.0. The molecule has 0 radical (unpaired) electrons. The average Bonchev–Trinajstić information content (AvgIpc) is 3.30. The van der Waals surface area contributed by atoms with Gasteiger partial charge in [-0.25, -0.2) is 4.79 Å². The number of allylic oxidation sites excluding steroid dienone is 2. The first kappa shape index (κ1) is 20.7. The second kappa shape index (κ2) is 5.76. The Kier molecular flexibility index (Phi) is 3.72. The number of epoxide rings is 1. The van der Waals surface area contributed by atoms with Crippen LogP contribution >= 0.6 is 0 Å². The minimum absolute atomic E-state index is 0.0266. The number of hydrogen-bond acceptors (Lipinski definition) is 6. The summed E-state index contributed by atoms with van der Waals surface area (Å²) < 4.78 is 17.6. The highest BCUT2D eigenvalue weighted by atomic mass is 16.7. The van der Waals surface area contributed by atoms with E-state index in [1.165, 1.54) is 0 Å². The summed E-state index contributed by atoms with van der Waals surface area (Å²) in [6.45, 7) is 10.5. The summed E-state index contributed by atoms with van der Waals surface area (Å²) in [5, 5.41) is 11.8. The van der Waals surface area contributed by atoms with E-state index >= 15 is 0 Å².